The van der Waals surface area contributed by atoms with E-state index in [-0.39, 0.29) is 5.91 Å². The normalized spacial score (nSPS) is 21.3. The van der Waals surface area contributed by atoms with Crippen molar-refractivity contribution >= 4 is 22.4 Å². The summed E-state index contributed by atoms with van der Waals surface area (Å²) in [6.07, 6.45) is 3.83. The van der Waals surface area contributed by atoms with Gasteiger partial charge in [0.05, 0.1) is 12.2 Å². The van der Waals surface area contributed by atoms with E-state index in [2.05, 4.69) is 51.3 Å². The van der Waals surface area contributed by atoms with Gasteiger partial charge in [0.1, 0.15) is 0 Å². The maximum Gasteiger partial charge on any atom is 0.240 e. The van der Waals surface area contributed by atoms with Crippen LogP contribution in [0.5, 0.6) is 0 Å². The van der Waals surface area contributed by atoms with Crippen molar-refractivity contribution < 1.29 is 4.79 Å². The Morgan fingerprint density at radius 3 is 2.77 bits per heavy atom. The van der Waals surface area contributed by atoms with Gasteiger partial charge < -0.3 is 5.32 Å². The van der Waals surface area contributed by atoms with Crippen LogP contribution in [0.1, 0.15) is 24.8 Å². The van der Waals surface area contributed by atoms with E-state index in [9.17, 15) is 4.79 Å². The maximum absolute atomic E-state index is 12.4. The van der Waals surface area contributed by atoms with Gasteiger partial charge in [0.15, 0.2) is 5.13 Å². The predicted molar refractivity (Wildman–Crippen MR) is 107 cm³/mol. The van der Waals surface area contributed by atoms with Crippen LogP contribution in [0.2, 0.25) is 0 Å². The molecule has 1 aromatic carbocycles. The number of thiazole rings is 1. The summed E-state index contributed by atoms with van der Waals surface area (Å²) in [6.45, 7) is 7.02. The number of aryl methyl sites for hydroxylation is 1. The SMILES string of the molecule is Cc1ccc(-c2csc(NC(=O)CN3CCC(N4CCCC4)C3)n2)cc1. The number of benzene rings is 1. The predicted octanol–water partition coefficient (Wildman–Crippen LogP) is 3.23. The summed E-state index contributed by atoms with van der Waals surface area (Å²) in [5, 5.41) is 5.65. The topological polar surface area (TPSA) is 48.5 Å². The van der Waals surface area contributed by atoms with Crippen LogP contribution in [0.25, 0.3) is 11.3 Å². The summed E-state index contributed by atoms with van der Waals surface area (Å²) in [5.74, 6) is 0.0388. The average Bonchev–Trinajstić information content (AvgIpc) is 3.36. The molecule has 4 rings (SSSR count). The van der Waals surface area contributed by atoms with Crippen molar-refractivity contribution in [2.45, 2.75) is 32.2 Å². The van der Waals surface area contributed by atoms with Crippen molar-refractivity contribution in [1.29, 1.82) is 0 Å². The van der Waals surface area contributed by atoms with E-state index in [1.807, 2.05) is 5.38 Å². The second-order valence-electron chi connectivity index (χ2n) is 7.37. The van der Waals surface area contributed by atoms with Gasteiger partial charge in [0.25, 0.3) is 0 Å². The van der Waals surface area contributed by atoms with Gasteiger partial charge in [-0.25, -0.2) is 4.98 Å². The quantitative estimate of drug-likeness (QED) is 0.878. The van der Waals surface area contributed by atoms with Crippen molar-refractivity contribution in [3.8, 4) is 11.3 Å². The van der Waals surface area contributed by atoms with Crippen LogP contribution < -0.4 is 5.32 Å². The highest BCUT2D eigenvalue weighted by Gasteiger charge is 2.30. The maximum atomic E-state index is 12.4. The average molecular weight is 371 g/mol. The standard InChI is InChI=1S/C20H26N4OS/c1-15-4-6-16(7-5-15)18-14-26-20(21-18)22-19(25)13-23-11-8-17(12-23)24-9-2-3-10-24/h4-7,14,17H,2-3,8-13H2,1H3,(H,21,22,25). The van der Waals surface area contributed by atoms with Crippen molar-refractivity contribution in [3.63, 3.8) is 0 Å². The Morgan fingerprint density at radius 1 is 1.23 bits per heavy atom. The van der Waals surface area contributed by atoms with Crippen LogP contribution in [0.4, 0.5) is 5.13 Å². The van der Waals surface area contributed by atoms with Gasteiger partial charge in [-0.2, -0.15) is 0 Å². The van der Waals surface area contributed by atoms with Crippen LogP contribution in [0, 0.1) is 6.92 Å². The second-order valence-corrected chi connectivity index (χ2v) is 8.23. The van der Waals surface area contributed by atoms with E-state index in [0.29, 0.717) is 17.7 Å². The highest BCUT2D eigenvalue weighted by atomic mass is 32.1. The summed E-state index contributed by atoms with van der Waals surface area (Å²) in [5.41, 5.74) is 3.23. The van der Waals surface area contributed by atoms with Crippen molar-refractivity contribution in [1.82, 2.24) is 14.8 Å². The number of hydrogen-bond acceptors (Lipinski definition) is 5. The van der Waals surface area contributed by atoms with Gasteiger partial charge in [-0.3, -0.25) is 14.6 Å². The summed E-state index contributed by atoms with van der Waals surface area (Å²) in [7, 11) is 0. The Kier molecular flexibility index (Phi) is 5.33. The molecular weight excluding hydrogens is 344 g/mol. The van der Waals surface area contributed by atoms with E-state index in [0.717, 1.165) is 24.3 Å². The number of carbonyl (C=O) groups excluding carboxylic acids is 1. The summed E-state index contributed by atoms with van der Waals surface area (Å²) in [4.78, 5) is 21.8. The highest BCUT2D eigenvalue weighted by Crippen LogP contribution is 2.25. The molecule has 2 aromatic rings. The van der Waals surface area contributed by atoms with E-state index in [1.54, 1.807) is 0 Å². The van der Waals surface area contributed by atoms with Crippen LogP contribution >= 0.6 is 11.3 Å². The molecule has 2 fully saturated rings. The molecule has 0 spiro atoms. The molecule has 3 heterocycles. The molecule has 26 heavy (non-hydrogen) atoms. The zero-order chi connectivity index (χ0) is 17.9. The number of hydrogen-bond donors (Lipinski definition) is 1. The minimum atomic E-state index is 0.0388. The molecule has 2 aliphatic heterocycles. The molecule has 1 N–H and O–H groups in total. The molecule has 1 atom stereocenters. The molecule has 0 saturated carbocycles. The molecule has 138 valence electrons. The van der Waals surface area contributed by atoms with Gasteiger partial charge in [0, 0.05) is 30.1 Å². The first kappa shape index (κ1) is 17.6. The molecule has 0 radical (unpaired) electrons. The molecule has 1 unspecified atom stereocenters. The van der Waals surface area contributed by atoms with Gasteiger partial charge in [-0.1, -0.05) is 29.8 Å². The minimum Gasteiger partial charge on any atom is -0.301 e. The number of anilines is 1. The highest BCUT2D eigenvalue weighted by molar-refractivity contribution is 7.14. The van der Waals surface area contributed by atoms with Crippen molar-refractivity contribution in [2.24, 2.45) is 0 Å². The van der Waals surface area contributed by atoms with Crippen molar-refractivity contribution in [3.05, 3.63) is 35.2 Å². The fraction of sp³-hybridized carbons (Fsp3) is 0.500. The molecule has 6 heteroatoms. The Bertz CT molecular complexity index is 751. The Labute approximate surface area is 159 Å². The molecule has 1 amide bonds. The molecule has 2 saturated heterocycles. The monoisotopic (exact) mass is 370 g/mol. The number of rotatable bonds is 5. The smallest absolute Gasteiger partial charge is 0.240 e. The largest absolute Gasteiger partial charge is 0.301 e. The lowest BCUT2D eigenvalue weighted by molar-refractivity contribution is -0.117. The van der Waals surface area contributed by atoms with Crippen LogP contribution in [0.15, 0.2) is 29.6 Å². The molecule has 2 aliphatic rings. The molecule has 0 bridgehead atoms. The molecule has 5 nitrogen and oxygen atoms in total. The van der Waals surface area contributed by atoms with Gasteiger partial charge >= 0.3 is 0 Å². The first-order valence-corrected chi connectivity index (χ1v) is 10.3. The number of carbonyl (C=O) groups is 1. The van der Waals surface area contributed by atoms with E-state index in [1.165, 1.54) is 49.3 Å². The minimum absolute atomic E-state index is 0.0388. The van der Waals surface area contributed by atoms with Crippen LogP contribution in [0.3, 0.4) is 0 Å². The number of nitrogens with zero attached hydrogens (tertiary/aromatic N) is 3. The lowest BCUT2D eigenvalue weighted by Gasteiger charge is -2.23. The lowest BCUT2D eigenvalue weighted by Crippen LogP contribution is -2.37. The van der Waals surface area contributed by atoms with Crippen molar-refractivity contribution in [2.75, 3.05) is 38.0 Å². The summed E-state index contributed by atoms with van der Waals surface area (Å²) < 4.78 is 0. The lowest BCUT2D eigenvalue weighted by atomic mass is 10.1. The van der Waals surface area contributed by atoms with E-state index >= 15 is 0 Å². The Hall–Kier alpha value is -1.76. The Balaban J connectivity index is 1.29. The first-order chi connectivity index (χ1) is 12.7. The number of aromatic nitrogens is 1. The third-order valence-corrected chi connectivity index (χ3v) is 6.13. The first-order valence-electron chi connectivity index (χ1n) is 9.46. The van der Waals surface area contributed by atoms with Gasteiger partial charge in [-0.15, -0.1) is 11.3 Å². The zero-order valence-electron chi connectivity index (χ0n) is 15.3. The summed E-state index contributed by atoms with van der Waals surface area (Å²) >= 11 is 1.49. The molecule has 1 aromatic heterocycles. The fourth-order valence-electron chi connectivity index (χ4n) is 3.91. The summed E-state index contributed by atoms with van der Waals surface area (Å²) in [6, 6.07) is 8.93. The number of nitrogens with one attached hydrogen (secondary N) is 1. The fourth-order valence-corrected chi connectivity index (χ4v) is 4.65. The number of likely N-dealkylation sites (tertiary alicyclic amines) is 2. The Morgan fingerprint density at radius 2 is 2.00 bits per heavy atom. The zero-order valence-corrected chi connectivity index (χ0v) is 16.1. The third kappa shape index (κ3) is 4.14. The third-order valence-electron chi connectivity index (χ3n) is 5.37. The molecule has 0 aliphatic carbocycles. The van der Waals surface area contributed by atoms with Crippen LogP contribution in [-0.2, 0) is 4.79 Å². The number of amides is 1. The van der Waals surface area contributed by atoms with Gasteiger partial charge in [0.2, 0.25) is 5.91 Å². The second kappa shape index (κ2) is 7.86. The van der Waals surface area contributed by atoms with Gasteiger partial charge in [-0.05, 0) is 39.3 Å². The molecular formula is C20H26N4OS. The van der Waals surface area contributed by atoms with Crippen LogP contribution in [-0.4, -0.2) is 59.5 Å². The van der Waals surface area contributed by atoms with E-state index in [4.69, 9.17) is 0 Å². The van der Waals surface area contributed by atoms with E-state index < -0.39 is 0 Å².